The molecule has 0 aliphatic rings. The van der Waals surface area contributed by atoms with Crippen molar-refractivity contribution in [2.75, 3.05) is 0 Å². The fraction of sp³-hybridized carbons (Fsp3) is 0. The Morgan fingerprint density at radius 1 is 0.652 bits per heavy atom. The van der Waals surface area contributed by atoms with E-state index in [9.17, 15) is 30.4 Å². The molecule has 0 atom stereocenters. The summed E-state index contributed by atoms with van der Waals surface area (Å²) in [5, 5.41) is 8.75. The summed E-state index contributed by atoms with van der Waals surface area (Å²) in [7, 11) is -14.8. The topological polar surface area (TPSA) is 183 Å². The molecular weight excluding hydrogens is 376 g/mol. The van der Waals surface area contributed by atoms with Crippen LogP contribution >= 0.6 is 0 Å². The fourth-order valence-corrected chi connectivity index (χ4v) is 3.83. The van der Waals surface area contributed by atoms with Gasteiger partial charge in [0.25, 0.3) is 30.4 Å². The van der Waals surface area contributed by atoms with Crippen LogP contribution in [0.15, 0.2) is 39.0 Å². The number of hydrogen-bond acceptors (Lipinski definition) is 7. The minimum Gasteiger partial charge on any atom is -0.506 e. The van der Waals surface area contributed by atoms with E-state index in [1.165, 1.54) is 0 Å². The predicted molar refractivity (Wildman–Crippen MR) is 75.1 cm³/mol. The van der Waals surface area contributed by atoms with E-state index in [-0.39, 0.29) is 5.39 Å². The summed E-state index contributed by atoms with van der Waals surface area (Å²) >= 11 is 0. The van der Waals surface area contributed by atoms with Gasteiger partial charge in [-0.2, -0.15) is 25.3 Å². The molecule has 0 radical (unpaired) electrons. The molecule has 0 bridgehead atoms. The van der Waals surface area contributed by atoms with Crippen molar-refractivity contribution in [2.24, 2.45) is 0 Å². The monoisotopic (exact) mass is 384 g/mol. The van der Waals surface area contributed by atoms with Crippen LogP contribution in [0.5, 0.6) is 5.75 Å². The first kappa shape index (κ1) is 17.6. The minimum atomic E-state index is -5.02. The summed E-state index contributed by atoms with van der Waals surface area (Å²) in [4.78, 5) is -2.99. The fourth-order valence-electron chi connectivity index (χ4n) is 1.89. The van der Waals surface area contributed by atoms with Crippen molar-refractivity contribution in [2.45, 2.75) is 14.7 Å². The van der Waals surface area contributed by atoms with Gasteiger partial charge < -0.3 is 5.11 Å². The molecule has 2 aromatic rings. The number of fused-ring (bicyclic) bond motifs is 1. The Morgan fingerprint density at radius 3 is 1.61 bits per heavy atom. The van der Waals surface area contributed by atoms with Crippen LogP contribution < -0.4 is 0 Å². The van der Waals surface area contributed by atoms with Crippen LogP contribution in [-0.4, -0.2) is 44.0 Å². The summed E-state index contributed by atoms with van der Waals surface area (Å²) in [6, 6.07) is 2.34. The Bertz CT molecular complexity index is 1130. The van der Waals surface area contributed by atoms with E-state index >= 15 is 0 Å². The second kappa shape index (κ2) is 5.12. The number of rotatable bonds is 3. The maximum absolute atomic E-state index is 11.4. The molecule has 4 N–H and O–H groups in total. The average Bonchev–Trinajstić information content (AvgIpc) is 2.32. The lowest BCUT2D eigenvalue weighted by Crippen LogP contribution is -2.05. The molecular formula is C10H8O10S3. The molecule has 0 fully saturated rings. The van der Waals surface area contributed by atoms with E-state index in [1.807, 2.05) is 0 Å². The van der Waals surface area contributed by atoms with E-state index in [1.54, 1.807) is 0 Å². The molecule has 13 heteroatoms. The van der Waals surface area contributed by atoms with Gasteiger partial charge in [0.05, 0.1) is 4.90 Å². The molecule has 2 rings (SSSR count). The van der Waals surface area contributed by atoms with Crippen molar-refractivity contribution in [3.63, 3.8) is 0 Å². The largest absolute Gasteiger partial charge is 0.506 e. The molecule has 0 aliphatic heterocycles. The third-order valence-corrected chi connectivity index (χ3v) is 5.43. The molecule has 0 saturated carbocycles. The maximum atomic E-state index is 11.4. The molecule has 0 aliphatic carbocycles. The Balaban J connectivity index is 3.10. The van der Waals surface area contributed by atoms with Crippen molar-refractivity contribution >= 4 is 41.1 Å². The van der Waals surface area contributed by atoms with Crippen LogP contribution in [0.3, 0.4) is 0 Å². The Kier molecular flexibility index (Phi) is 3.91. The van der Waals surface area contributed by atoms with Gasteiger partial charge in [-0.3, -0.25) is 13.7 Å². The minimum absolute atomic E-state index is 0.322. The van der Waals surface area contributed by atoms with Gasteiger partial charge in [0.15, 0.2) is 0 Å². The SMILES string of the molecule is O=S(=O)(O)c1cc(S(=O)(=O)O)c2cc(S(=O)(=O)O)c(O)cc2c1. The van der Waals surface area contributed by atoms with Crippen LogP contribution in [-0.2, 0) is 30.4 Å². The first-order valence-corrected chi connectivity index (χ1v) is 9.76. The van der Waals surface area contributed by atoms with Crippen molar-refractivity contribution in [1.29, 1.82) is 0 Å². The molecule has 0 unspecified atom stereocenters. The lowest BCUT2D eigenvalue weighted by Gasteiger charge is -2.09. The van der Waals surface area contributed by atoms with Crippen LogP contribution in [0.1, 0.15) is 0 Å². The number of phenolic OH excluding ortho intramolecular Hbond substituents is 1. The highest BCUT2D eigenvalue weighted by atomic mass is 32.2. The highest BCUT2D eigenvalue weighted by molar-refractivity contribution is 7.87. The second-order valence-electron chi connectivity index (χ2n) is 4.39. The lowest BCUT2D eigenvalue weighted by atomic mass is 10.1. The first-order valence-electron chi connectivity index (χ1n) is 5.44. The van der Waals surface area contributed by atoms with Gasteiger partial charge in [0.1, 0.15) is 15.5 Å². The van der Waals surface area contributed by atoms with Crippen LogP contribution in [0.25, 0.3) is 10.8 Å². The third-order valence-electron chi connectivity index (χ3n) is 2.82. The molecule has 126 valence electrons. The molecule has 0 amide bonds. The molecule has 2 aromatic carbocycles. The number of aromatic hydroxyl groups is 1. The van der Waals surface area contributed by atoms with E-state index < -0.39 is 56.2 Å². The highest BCUT2D eigenvalue weighted by Crippen LogP contribution is 2.34. The molecule has 0 aromatic heterocycles. The lowest BCUT2D eigenvalue weighted by molar-refractivity contribution is 0.443. The van der Waals surface area contributed by atoms with Gasteiger partial charge in [-0.15, -0.1) is 0 Å². The number of phenols is 1. The summed E-state index contributed by atoms with van der Waals surface area (Å²) < 4.78 is 94.4. The molecule has 10 nitrogen and oxygen atoms in total. The van der Waals surface area contributed by atoms with Gasteiger partial charge in [-0.25, -0.2) is 0 Å². The smallest absolute Gasteiger partial charge is 0.298 e. The van der Waals surface area contributed by atoms with Gasteiger partial charge in [0, 0.05) is 5.39 Å². The Hall–Kier alpha value is -1.77. The Labute approximate surface area is 130 Å². The molecule has 0 spiro atoms. The summed E-state index contributed by atoms with van der Waals surface area (Å²) in [5.74, 6) is -0.992. The zero-order chi connectivity index (χ0) is 17.8. The second-order valence-corrected chi connectivity index (χ2v) is 8.59. The van der Waals surface area contributed by atoms with E-state index in [0.29, 0.717) is 18.2 Å². The molecule has 0 saturated heterocycles. The normalized spacial score (nSPS) is 13.3. The van der Waals surface area contributed by atoms with Crippen molar-refractivity contribution < 1.29 is 44.0 Å². The zero-order valence-electron chi connectivity index (χ0n) is 10.8. The predicted octanol–water partition coefficient (Wildman–Crippen LogP) is 0.286. The zero-order valence-corrected chi connectivity index (χ0v) is 13.2. The highest BCUT2D eigenvalue weighted by Gasteiger charge is 2.24. The van der Waals surface area contributed by atoms with Crippen molar-refractivity contribution in [3.8, 4) is 5.75 Å². The average molecular weight is 384 g/mol. The van der Waals surface area contributed by atoms with Crippen molar-refractivity contribution in [3.05, 3.63) is 24.3 Å². The van der Waals surface area contributed by atoms with Gasteiger partial charge in [0.2, 0.25) is 0 Å². The van der Waals surface area contributed by atoms with Crippen LogP contribution in [0, 0.1) is 0 Å². The van der Waals surface area contributed by atoms with Crippen molar-refractivity contribution in [1.82, 2.24) is 0 Å². The maximum Gasteiger partial charge on any atom is 0.298 e. The Morgan fingerprint density at radius 2 is 1.17 bits per heavy atom. The first-order chi connectivity index (χ1) is 10.2. The van der Waals surface area contributed by atoms with Gasteiger partial charge in [-0.1, -0.05) is 0 Å². The molecule has 23 heavy (non-hydrogen) atoms. The number of hydrogen-bond donors (Lipinski definition) is 4. The van der Waals surface area contributed by atoms with E-state index in [2.05, 4.69) is 0 Å². The summed E-state index contributed by atoms with van der Waals surface area (Å²) in [6.07, 6.45) is 0. The van der Waals surface area contributed by atoms with Gasteiger partial charge >= 0.3 is 0 Å². The standard InChI is InChI=1S/C10H8O10S3/c11-8-2-5-1-6(21(12,13)14)3-9(22(15,16)17)7(5)4-10(8)23(18,19)20/h1-4,11H,(H,12,13,14)(H,15,16,17)(H,18,19,20). The third kappa shape index (κ3) is 3.44. The molecule has 0 heterocycles. The van der Waals surface area contributed by atoms with Gasteiger partial charge in [-0.05, 0) is 29.7 Å². The quantitative estimate of drug-likeness (QED) is 0.536. The summed E-state index contributed by atoms with van der Waals surface area (Å²) in [6.45, 7) is 0. The van der Waals surface area contributed by atoms with E-state index in [0.717, 1.165) is 6.07 Å². The summed E-state index contributed by atoms with van der Waals surface area (Å²) in [5.41, 5.74) is 0. The van der Waals surface area contributed by atoms with Crippen LogP contribution in [0.4, 0.5) is 0 Å². The van der Waals surface area contributed by atoms with Crippen LogP contribution in [0.2, 0.25) is 0 Å². The number of benzene rings is 2. The van der Waals surface area contributed by atoms with E-state index in [4.69, 9.17) is 13.7 Å².